The van der Waals surface area contributed by atoms with Crippen molar-refractivity contribution < 1.29 is 16.8 Å². The van der Waals surface area contributed by atoms with Crippen molar-refractivity contribution in [2.45, 2.75) is 92.0 Å². The number of nitrogens with two attached hydrogens (primary N) is 1. The van der Waals surface area contributed by atoms with Crippen molar-refractivity contribution in [3.63, 3.8) is 0 Å². The van der Waals surface area contributed by atoms with E-state index >= 15 is 0 Å². The Morgan fingerprint density at radius 3 is 2.30 bits per heavy atom. The van der Waals surface area contributed by atoms with Crippen LogP contribution >= 0.6 is 0 Å². The predicted octanol–water partition coefficient (Wildman–Crippen LogP) is 6.87. The van der Waals surface area contributed by atoms with Crippen LogP contribution in [0.15, 0.2) is 18.2 Å². The lowest BCUT2D eigenvalue weighted by atomic mass is 9.86. The van der Waals surface area contributed by atoms with E-state index in [0.29, 0.717) is 24.4 Å². The molecule has 0 heterocycles. The summed E-state index contributed by atoms with van der Waals surface area (Å²) in [6.45, 7) is 14.0. The summed E-state index contributed by atoms with van der Waals surface area (Å²) in [4.78, 5) is 10.5. The number of aldehydes is 1. The van der Waals surface area contributed by atoms with Gasteiger partial charge in [0, 0.05) is 14.0 Å². The fraction of sp³-hybridized carbons (Fsp3) is 0.720. The van der Waals surface area contributed by atoms with E-state index in [4.69, 9.17) is 10.5 Å². The molecule has 0 unspecified atom stereocenters. The number of unbranched alkanes of at least 4 members (excludes halogenated alkanes) is 1. The molecule has 0 saturated heterocycles. The molecule has 0 atom stereocenters. The lowest BCUT2D eigenvalue weighted by molar-refractivity contribution is 0.112. The first-order valence-corrected chi connectivity index (χ1v) is 11.6. The number of halogens is 1. The molecular weight excluding hydrogens is 379 g/mol. The number of nitrogens with one attached hydrogen (secondary N) is 1. The average Bonchev–Trinajstić information content (AvgIpc) is 2.71. The molecule has 0 aliphatic heterocycles. The highest BCUT2D eigenvalue weighted by atomic mass is 19.1. The molecule has 180 valence electrons. The van der Waals surface area contributed by atoms with Crippen molar-refractivity contribution in [3.05, 3.63) is 29.6 Å². The molecule has 1 aliphatic rings. The van der Waals surface area contributed by atoms with Crippen molar-refractivity contribution >= 4 is 6.29 Å². The Bertz CT molecular complexity index is 543. The van der Waals surface area contributed by atoms with Gasteiger partial charge < -0.3 is 15.8 Å². The van der Waals surface area contributed by atoms with Gasteiger partial charge >= 0.3 is 0 Å². The van der Waals surface area contributed by atoms with Crippen LogP contribution in [0, 0.1) is 11.7 Å². The molecule has 0 amide bonds. The lowest BCUT2D eigenvalue weighted by Crippen LogP contribution is -2.35. The monoisotopic (exact) mass is 430 g/mol. The molecule has 3 N–H and O–H groups in total. The van der Waals surface area contributed by atoms with Gasteiger partial charge in [-0.3, -0.25) is 4.79 Å². The Morgan fingerprint density at radius 1 is 1.27 bits per heavy atom. The van der Waals surface area contributed by atoms with Crippen molar-refractivity contribution in [2.24, 2.45) is 11.7 Å². The molecule has 30 heavy (non-hydrogen) atoms. The molecule has 4 nitrogen and oxygen atoms in total. The number of carbonyl (C=O) groups is 1. The van der Waals surface area contributed by atoms with Crippen molar-refractivity contribution in [2.75, 3.05) is 20.2 Å². The standard InChI is InChI=1S/C12H13FO2.C8H20N2.C3H8.C2H6.2H2/c13-11-5-4-10(7-14)6-12(11)15-8-9-2-1-3-9;1-8(2,10-3)6-4-5-7-9;1-3-2;1-2;;/h4-7,9H,1-3,8H2;10H,4-7,9H2,1-3H3;3H2,1-2H3;1-2H3;2*1H. The maximum absolute atomic E-state index is 13.2. The van der Waals surface area contributed by atoms with Gasteiger partial charge in [-0.2, -0.15) is 0 Å². The third kappa shape index (κ3) is 15.4. The first kappa shape index (κ1) is 30.7. The Hall–Kier alpha value is -1.46. The van der Waals surface area contributed by atoms with E-state index in [1.165, 1.54) is 43.9 Å². The third-order valence-corrected chi connectivity index (χ3v) is 4.72. The second kappa shape index (κ2) is 19.5. The maximum atomic E-state index is 13.2. The van der Waals surface area contributed by atoms with E-state index in [1.807, 2.05) is 20.9 Å². The SMILES string of the molecule is CC.CCC.CNC(C)(C)CCCCN.O=Cc1ccc(F)c(OCC2CCC2)c1.[HH].[HH]. The van der Waals surface area contributed by atoms with Crippen LogP contribution in [0.4, 0.5) is 4.39 Å². The van der Waals surface area contributed by atoms with Gasteiger partial charge in [-0.25, -0.2) is 4.39 Å². The zero-order valence-corrected chi connectivity index (χ0v) is 20.5. The molecule has 0 radical (unpaired) electrons. The van der Waals surface area contributed by atoms with Crippen molar-refractivity contribution in [1.29, 1.82) is 0 Å². The highest BCUT2D eigenvalue weighted by Crippen LogP contribution is 2.28. The van der Waals surface area contributed by atoms with Crippen LogP contribution in [0.25, 0.3) is 0 Å². The summed E-state index contributed by atoms with van der Waals surface area (Å²) in [6, 6.07) is 4.15. The summed E-state index contributed by atoms with van der Waals surface area (Å²) in [5.74, 6) is 0.343. The van der Waals surface area contributed by atoms with E-state index in [0.717, 1.165) is 25.8 Å². The fourth-order valence-electron chi connectivity index (χ4n) is 2.41. The van der Waals surface area contributed by atoms with Crippen LogP contribution in [-0.2, 0) is 0 Å². The molecule has 1 saturated carbocycles. The van der Waals surface area contributed by atoms with Crippen LogP contribution in [0.3, 0.4) is 0 Å². The minimum atomic E-state index is -0.403. The molecule has 0 aromatic heterocycles. The van der Waals surface area contributed by atoms with Gasteiger partial charge in [-0.05, 0) is 77.2 Å². The minimum absolute atomic E-state index is 0. The number of hydrogen-bond donors (Lipinski definition) is 2. The van der Waals surface area contributed by atoms with E-state index < -0.39 is 5.82 Å². The lowest BCUT2D eigenvalue weighted by Gasteiger charge is -2.25. The summed E-state index contributed by atoms with van der Waals surface area (Å²) in [5, 5.41) is 3.26. The largest absolute Gasteiger partial charge is 0.490 e. The average molecular weight is 431 g/mol. The number of carbonyl (C=O) groups excluding carboxylic acids is 1. The minimum Gasteiger partial charge on any atom is -0.490 e. The molecule has 2 rings (SSSR count). The van der Waals surface area contributed by atoms with Gasteiger partial charge in [-0.1, -0.05) is 47.0 Å². The van der Waals surface area contributed by atoms with Crippen LogP contribution in [0.5, 0.6) is 5.75 Å². The highest BCUT2D eigenvalue weighted by molar-refractivity contribution is 5.75. The maximum Gasteiger partial charge on any atom is 0.165 e. The zero-order valence-electron chi connectivity index (χ0n) is 20.5. The summed E-state index contributed by atoms with van der Waals surface area (Å²) < 4.78 is 18.6. The fourth-order valence-corrected chi connectivity index (χ4v) is 2.41. The van der Waals surface area contributed by atoms with Gasteiger partial charge in [0.05, 0.1) is 6.61 Å². The Morgan fingerprint density at radius 2 is 1.87 bits per heavy atom. The summed E-state index contributed by atoms with van der Waals surface area (Å²) in [7, 11) is 2.00. The van der Waals surface area contributed by atoms with Gasteiger partial charge in [0.15, 0.2) is 11.6 Å². The zero-order chi connectivity index (χ0) is 23.4. The number of ether oxygens (including phenoxy) is 1. The quantitative estimate of drug-likeness (QED) is 0.331. The Kier molecular flexibility index (Phi) is 20.0. The topological polar surface area (TPSA) is 64.3 Å². The number of rotatable bonds is 9. The molecular formula is C25H51FN2O2. The van der Waals surface area contributed by atoms with Crippen LogP contribution in [0.1, 0.15) is 99.7 Å². The molecule has 1 aliphatic carbocycles. The van der Waals surface area contributed by atoms with E-state index in [9.17, 15) is 9.18 Å². The summed E-state index contributed by atoms with van der Waals surface area (Å²) >= 11 is 0. The molecule has 1 fully saturated rings. The van der Waals surface area contributed by atoms with Crippen LogP contribution < -0.4 is 15.8 Å². The second-order valence-electron chi connectivity index (χ2n) is 8.00. The number of benzene rings is 1. The Labute approximate surface area is 188 Å². The highest BCUT2D eigenvalue weighted by Gasteiger charge is 2.18. The van der Waals surface area contributed by atoms with Gasteiger partial charge in [0.1, 0.15) is 6.29 Å². The van der Waals surface area contributed by atoms with Crippen molar-refractivity contribution in [1.82, 2.24) is 5.32 Å². The predicted molar refractivity (Wildman–Crippen MR) is 132 cm³/mol. The Balaban J connectivity index is -0.000000203. The van der Waals surface area contributed by atoms with Crippen molar-refractivity contribution in [3.8, 4) is 5.75 Å². The smallest absolute Gasteiger partial charge is 0.165 e. The molecule has 1 aromatic rings. The van der Waals surface area contributed by atoms with Gasteiger partial charge in [-0.15, -0.1) is 0 Å². The van der Waals surface area contributed by atoms with E-state index in [1.54, 1.807) is 0 Å². The summed E-state index contributed by atoms with van der Waals surface area (Å²) in [6.07, 6.45) is 9.08. The molecule has 1 aromatic carbocycles. The molecule has 0 bridgehead atoms. The van der Waals surface area contributed by atoms with E-state index in [-0.39, 0.29) is 14.1 Å². The first-order valence-electron chi connectivity index (χ1n) is 11.6. The van der Waals surface area contributed by atoms with Crippen LogP contribution in [-0.4, -0.2) is 32.0 Å². The van der Waals surface area contributed by atoms with Gasteiger partial charge in [0.25, 0.3) is 0 Å². The normalized spacial score (nSPS) is 12.7. The third-order valence-electron chi connectivity index (χ3n) is 4.72. The molecule has 5 heteroatoms. The van der Waals surface area contributed by atoms with Crippen LogP contribution in [0.2, 0.25) is 0 Å². The number of hydrogen-bond acceptors (Lipinski definition) is 4. The van der Waals surface area contributed by atoms with E-state index in [2.05, 4.69) is 33.0 Å². The molecule has 0 spiro atoms. The first-order chi connectivity index (χ1) is 14.3. The summed E-state index contributed by atoms with van der Waals surface area (Å²) in [5.41, 5.74) is 6.11. The second-order valence-corrected chi connectivity index (χ2v) is 8.00. The van der Waals surface area contributed by atoms with Gasteiger partial charge in [0.2, 0.25) is 0 Å².